The van der Waals surface area contributed by atoms with Gasteiger partial charge in [0.25, 0.3) is 0 Å². The second-order valence-electron chi connectivity index (χ2n) is 3.54. The molecular formula is C12H11NO4. The number of ether oxygens (including phenoxy) is 1. The average molecular weight is 233 g/mol. The van der Waals surface area contributed by atoms with Crippen molar-refractivity contribution in [2.24, 2.45) is 5.16 Å². The highest BCUT2D eigenvalue weighted by Crippen LogP contribution is 2.27. The molecule has 0 saturated heterocycles. The van der Waals surface area contributed by atoms with Gasteiger partial charge < -0.3 is 14.7 Å². The summed E-state index contributed by atoms with van der Waals surface area (Å²) in [6.07, 6.45) is 1.60. The van der Waals surface area contributed by atoms with Crippen LogP contribution in [0.5, 0.6) is 11.5 Å². The standard InChI is InChI=1S/C12H11NO4/c1-7-9(12(15)17-13-7)5-8-3-4-11(16-2)10(14)6-8/h3-6,14H,1-2H3. The lowest BCUT2D eigenvalue weighted by Gasteiger charge is -2.03. The van der Waals surface area contributed by atoms with Crippen LogP contribution in [0, 0.1) is 0 Å². The summed E-state index contributed by atoms with van der Waals surface area (Å²) in [5, 5.41) is 13.2. The molecule has 1 aromatic rings. The summed E-state index contributed by atoms with van der Waals surface area (Å²) in [6.45, 7) is 1.68. The fourth-order valence-electron chi connectivity index (χ4n) is 1.48. The van der Waals surface area contributed by atoms with Crippen molar-refractivity contribution in [1.29, 1.82) is 0 Å². The molecule has 5 nitrogen and oxygen atoms in total. The number of nitrogens with zero attached hydrogens (tertiary/aromatic N) is 1. The molecule has 0 saturated carbocycles. The SMILES string of the molecule is COc1ccc(C=C2C(=O)ON=C2C)cc1O. The third-order valence-corrected chi connectivity index (χ3v) is 2.39. The van der Waals surface area contributed by atoms with Gasteiger partial charge in [0.05, 0.1) is 18.4 Å². The lowest BCUT2D eigenvalue weighted by atomic mass is 10.1. The van der Waals surface area contributed by atoms with E-state index in [2.05, 4.69) is 9.99 Å². The first-order valence-corrected chi connectivity index (χ1v) is 4.97. The molecule has 1 aliphatic rings. The van der Waals surface area contributed by atoms with Crippen LogP contribution in [0.15, 0.2) is 28.9 Å². The summed E-state index contributed by atoms with van der Waals surface area (Å²) in [6, 6.07) is 4.85. The van der Waals surface area contributed by atoms with Gasteiger partial charge in [-0.25, -0.2) is 4.79 Å². The first kappa shape index (κ1) is 11.2. The minimum Gasteiger partial charge on any atom is -0.504 e. The van der Waals surface area contributed by atoms with Crippen molar-refractivity contribution in [3.63, 3.8) is 0 Å². The van der Waals surface area contributed by atoms with Crippen molar-refractivity contribution in [3.05, 3.63) is 29.3 Å². The van der Waals surface area contributed by atoms with E-state index in [-0.39, 0.29) is 5.75 Å². The molecule has 0 amide bonds. The fraction of sp³-hybridized carbons (Fsp3) is 0.167. The highest BCUT2D eigenvalue weighted by Gasteiger charge is 2.21. The fourth-order valence-corrected chi connectivity index (χ4v) is 1.48. The van der Waals surface area contributed by atoms with E-state index in [0.717, 1.165) is 0 Å². The molecule has 0 radical (unpaired) electrons. The second kappa shape index (κ2) is 4.29. The van der Waals surface area contributed by atoms with E-state index < -0.39 is 5.97 Å². The summed E-state index contributed by atoms with van der Waals surface area (Å²) in [7, 11) is 1.47. The third kappa shape index (κ3) is 2.13. The van der Waals surface area contributed by atoms with Crippen LogP contribution in [0.2, 0.25) is 0 Å². The Bertz CT molecular complexity index is 531. The van der Waals surface area contributed by atoms with Gasteiger partial charge in [-0.3, -0.25) is 0 Å². The Morgan fingerprint density at radius 3 is 2.76 bits per heavy atom. The summed E-state index contributed by atoms with van der Waals surface area (Å²) in [5.41, 5.74) is 1.58. The number of rotatable bonds is 2. The molecule has 0 aromatic heterocycles. The van der Waals surface area contributed by atoms with Crippen molar-refractivity contribution in [2.45, 2.75) is 6.92 Å². The van der Waals surface area contributed by atoms with E-state index in [1.807, 2.05) is 0 Å². The topological polar surface area (TPSA) is 68.1 Å². The van der Waals surface area contributed by atoms with E-state index in [1.165, 1.54) is 13.2 Å². The zero-order valence-corrected chi connectivity index (χ0v) is 9.43. The molecule has 1 aromatic carbocycles. The van der Waals surface area contributed by atoms with Gasteiger partial charge in [0, 0.05) is 0 Å². The smallest absolute Gasteiger partial charge is 0.367 e. The van der Waals surface area contributed by atoms with E-state index in [4.69, 9.17) is 4.74 Å². The molecule has 1 heterocycles. The van der Waals surface area contributed by atoms with Crippen LogP contribution in [-0.4, -0.2) is 23.9 Å². The van der Waals surface area contributed by atoms with Crippen molar-refractivity contribution in [3.8, 4) is 11.5 Å². The molecule has 0 spiro atoms. The maximum absolute atomic E-state index is 11.3. The van der Waals surface area contributed by atoms with Crippen molar-refractivity contribution in [1.82, 2.24) is 0 Å². The van der Waals surface area contributed by atoms with Gasteiger partial charge in [-0.1, -0.05) is 11.2 Å². The van der Waals surface area contributed by atoms with Gasteiger partial charge >= 0.3 is 5.97 Å². The zero-order chi connectivity index (χ0) is 12.4. The van der Waals surface area contributed by atoms with Crippen LogP contribution in [0.3, 0.4) is 0 Å². The molecule has 0 unspecified atom stereocenters. The molecule has 0 fully saturated rings. The van der Waals surface area contributed by atoms with Crippen LogP contribution < -0.4 is 4.74 Å². The van der Waals surface area contributed by atoms with Crippen LogP contribution in [0.4, 0.5) is 0 Å². The third-order valence-electron chi connectivity index (χ3n) is 2.39. The Balaban J connectivity index is 2.36. The highest BCUT2D eigenvalue weighted by molar-refractivity contribution is 6.24. The molecule has 0 atom stereocenters. The van der Waals surface area contributed by atoms with Crippen molar-refractivity contribution >= 4 is 17.8 Å². The van der Waals surface area contributed by atoms with Gasteiger partial charge in [0.2, 0.25) is 0 Å². The number of phenolic OH excluding ortho intramolecular Hbond substituents is 1. The minimum absolute atomic E-state index is 0.0165. The van der Waals surface area contributed by atoms with E-state index >= 15 is 0 Å². The van der Waals surface area contributed by atoms with E-state index in [0.29, 0.717) is 22.6 Å². The first-order chi connectivity index (χ1) is 8.11. The molecule has 0 bridgehead atoms. The second-order valence-corrected chi connectivity index (χ2v) is 3.54. The number of hydrogen-bond acceptors (Lipinski definition) is 5. The zero-order valence-electron chi connectivity index (χ0n) is 9.43. The lowest BCUT2D eigenvalue weighted by molar-refractivity contribution is -0.136. The highest BCUT2D eigenvalue weighted by atomic mass is 16.7. The number of hydrogen-bond donors (Lipinski definition) is 1. The summed E-state index contributed by atoms with van der Waals surface area (Å²) in [4.78, 5) is 15.8. The van der Waals surface area contributed by atoms with Gasteiger partial charge in [-0.15, -0.1) is 0 Å². The van der Waals surface area contributed by atoms with Gasteiger partial charge in [0.15, 0.2) is 11.5 Å². The van der Waals surface area contributed by atoms with Crippen LogP contribution in [0.25, 0.3) is 6.08 Å². The number of benzene rings is 1. The van der Waals surface area contributed by atoms with Gasteiger partial charge in [-0.2, -0.15) is 0 Å². The monoisotopic (exact) mass is 233 g/mol. The average Bonchev–Trinajstić information content (AvgIpc) is 2.61. The normalized spacial score (nSPS) is 16.9. The Morgan fingerprint density at radius 2 is 2.24 bits per heavy atom. The molecule has 88 valence electrons. The number of aromatic hydroxyl groups is 1. The molecule has 5 heteroatoms. The minimum atomic E-state index is -0.488. The number of methoxy groups -OCH3 is 1. The summed E-state index contributed by atoms with van der Waals surface area (Å²) >= 11 is 0. The maximum Gasteiger partial charge on any atom is 0.367 e. The number of phenols is 1. The van der Waals surface area contributed by atoms with Crippen LogP contribution >= 0.6 is 0 Å². The summed E-state index contributed by atoms with van der Waals surface area (Å²) < 4.78 is 4.93. The Morgan fingerprint density at radius 1 is 1.47 bits per heavy atom. The van der Waals surface area contributed by atoms with E-state index in [1.54, 1.807) is 25.1 Å². The largest absolute Gasteiger partial charge is 0.504 e. The summed E-state index contributed by atoms with van der Waals surface area (Å²) in [5.74, 6) is -0.0906. The van der Waals surface area contributed by atoms with Crippen molar-refractivity contribution < 1.29 is 19.5 Å². The number of carbonyl (C=O) groups excluding carboxylic acids is 1. The lowest BCUT2D eigenvalue weighted by Crippen LogP contribution is -2.01. The molecule has 1 aliphatic heterocycles. The maximum atomic E-state index is 11.3. The first-order valence-electron chi connectivity index (χ1n) is 4.97. The van der Waals surface area contributed by atoms with Crippen LogP contribution in [-0.2, 0) is 9.63 Å². The predicted molar refractivity (Wildman–Crippen MR) is 61.8 cm³/mol. The number of carbonyl (C=O) groups is 1. The quantitative estimate of drug-likeness (QED) is 0.623. The van der Waals surface area contributed by atoms with Crippen LogP contribution in [0.1, 0.15) is 12.5 Å². The molecule has 2 rings (SSSR count). The van der Waals surface area contributed by atoms with E-state index in [9.17, 15) is 9.90 Å². The van der Waals surface area contributed by atoms with Gasteiger partial charge in [0.1, 0.15) is 0 Å². The molecule has 1 N–H and O–H groups in total. The van der Waals surface area contributed by atoms with Gasteiger partial charge in [-0.05, 0) is 30.7 Å². The number of oxime groups is 1. The molecule has 17 heavy (non-hydrogen) atoms. The van der Waals surface area contributed by atoms with Crippen molar-refractivity contribution in [2.75, 3.05) is 7.11 Å². The molecular weight excluding hydrogens is 222 g/mol. The molecule has 0 aliphatic carbocycles. The Kier molecular flexibility index (Phi) is 2.82. The Labute approximate surface area is 98.0 Å². The predicted octanol–water partition coefficient (Wildman–Crippen LogP) is 1.72. The Hall–Kier alpha value is -2.30.